The van der Waals surface area contributed by atoms with Crippen LogP contribution in [0.4, 0.5) is 18.9 Å². The van der Waals surface area contributed by atoms with Gasteiger partial charge in [-0.2, -0.15) is 0 Å². The molecule has 0 spiro atoms. The van der Waals surface area contributed by atoms with Crippen LogP contribution in [0.2, 0.25) is 0 Å². The van der Waals surface area contributed by atoms with Gasteiger partial charge in [0.15, 0.2) is 23.2 Å². The lowest BCUT2D eigenvalue weighted by Gasteiger charge is -2.28. The second-order valence-electron chi connectivity index (χ2n) is 7.07. The monoisotopic (exact) mass is 444 g/mol. The normalized spacial score (nSPS) is 14.0. The number of nitrogens with one attached hydrogen (secondary N) is 1. The Labute approximate surface area is 181 Å². The zero-order chi connectivity index (χ0) is 22.3. The zero-order valence-corrected chi connectivity index (χ0v) is 17.9. The molecule has 5 nitrogen and oxygen atoms in total. The highest BCUT2D eigenvalue weighted by Crippen LogP contribution is 2.29. The fraction of sp³-hybridized carbons (Fsp3) is 0.182. The molecule has 0 unspecified atom stereocenters. The van der Waals surface area contributed by atoms with Crippen LogP contribution in [0.15, 0.2) is 53.5 Å². The van der Waals surface area contributed by atoms with E-state index in [1.807, 2.05) is 26.0 Å². The van der Waals surface area contributed by atoms with Crippen molar-refractivity contribution in [1.29, 1.82) is 0 Å². The number of guanidine groups is 1. The fourth-order valence-corrected chi connectivity index (χ4v) is 4.11. The molecule has 0 radical (unpaired) electrons. The van der Waals surface area contributed by atoms with E-state index in [4.69, 9.17) is 4.74 Å². The largest absolute Gasteiger partial charge is 0.493 e. The number of benzene rings is 2. The molecule has 0 bridgehead atoms. The Bertz CT molecular complexity index is 1240. The van der Waals surface area contributed by atoms with Crippen LogP contribution in [-0.2, 0) is 11.3 Å². The van der Waals surface area contributed by atoms with Crippen LogP contribution in [-0.4, -0.2) is 23.0 Å². The Morgan fingerprint density at radius 3 is 2.52 bits per heavy atom. The molecular weight excluding hydrogens is 425 g/mol. The van der Waals surface area contributed by atoms with Gasteiger partial charge in [-0.15, -0.1) is 11.3 Å². The number of thiazole rings is 1. The first kappa shape index (κ1) is 20.9. The van der Waals surface area contributed by atoms with Crippen LogP contribution in [0.5, 0.6) is 0 Å². The lowest BCUT2D eigenvalue weighted by molar-refractivity contribution is 0.287. The molecule has 4 rings (SSSR count). The number of hydrogen-bond acceptors (Lipinski definition) is 6. The van der Waals surface area contributed by atoms with Crippen molar-refractivity contribution >= 4 is 33.2 Å². The molecule has 160 valence electrons. The van der Waals surface area contributed by atoms with Crippen molar-refractivity contribution in [1.82, 2.24) is 9.88 Å². The lowest BCUT2D eigenvalue weighted by atomic mass is 10.1. The van der Waals surface area contributed by atoms with Crippen molar-refractivity contribution in [2.24, 2.45) is 4.99 Å². The maximum Gasteiger partial charge on any atom is 0.208 e. The number of methoxy groups -OCH3 is 1. The number of hydrogen-bond donors (Lipinski definition) is 1. The standard InChI is InChI=1S/C22H19F3N4OS/c1-11-5-18-20(31-13(3)27-18)8-17(11)28-22-26-12(2)19(30-4)10-29(22)9-14-6-15(23)21(25)16(24)7-14/h5-8,10H,2,9H2,1,3-4H3,(H,26,28). The molecule has 0 saturated heterocycles. The van der Waals surface area contributed by atoms with Crippen molar-refractivity contribution in [2.75, 3.05) is 12.4 Å². The summed E-state index contributed by atoms with van der Waals surface area (Å²) in [7, 11) is 1.48. The quantitative estimate of drug-likeness (QED) is 0.531. The summed E-state index contributed by atoms with van der Waals surface area (Å²) in [4.78, 5) is 10.6. The molecule has 31 heavy (non-hydrogen) atoms. The van der Waals surface area contributed by atoms with Gasteiger partial charge in [0.25, 0.3) is 0 Å². The van der Waals surface area contributed by atoms with E-state index in [9.17, 15) is 13.2 Å². The highest BCUT2D eigenvalue weighted by atomic mass is 32.1. The number of aryl methyl sites for hydroxylation is 2. The summed E-state index contributed by atoms with van der Waals surface area (Å²) in [5.74, 6) is -3.21. The molecule has 1 N–H and O–H groups in total. The number of aromatic nitrogens is 1. The summed E-state index contributed by atoms with van der Waals surface area (Å²) in [6.45, 7) is 7.81. The summed E-state index contributed by atoms with van der Waals surface area (Å²) in [6.07, 6.45) is 1.63. The third-order valence-corrected chi connectivity index (χ3v) is 5.71. The molecule has 0 saturated carbocycles. The SMILES string of the molecule is C=C1N=C(Nc2cc3sc(C)nc3cc2C)N(Cc2cc(F)c(F)c(F)c2)C=C1OC. The second kappa shape index (κ2) is 8.07. The van der Waals surface area contributed by atoms with E-state index in [-0.39, 0.29) is 12.1 Å². The molecular formula is C22H19F3N4OS. The van der Waals surface area contributed by atoms with E-state index in [2.05, 4.69) is 21.9 Å². The highest BCUT2D eigenvalue weighted by Gasteiger charge is 2.22. The summed E-state index contributed by atoms with van der Waals surface area (Å²) in [5, 5.41) is 4.23. The van der Waals surface area contributed by atoms with E-state index in [0.717, 1.165) is 38.6 Å². The van der Waals surface area contributed by atoms with Gasteiger partial charge in [-0.25, -0.2) is 23.1 Å². The minimum Gasteiger partial charge on any atom is -0.493 e. The first-order valence-electron chi connectivity index (χ1n) is 9.34. The van der Waals surface area contributed by atoms with Gasteiger partial charge in [0.2, 0.25) is 5.96 Å². The van der Waals surface area contributed by atoms with Crippen LogP contribution in [0.1, 0.15) is 16.1 Å². The van der Waals surface area contributed by atoms with E-state index in [1.54, 1.807) is 22.4 Å². The van der Waals surface area contributed by atoms with Gasteiger partial charge in [-0.1, -0.05) is 6.58 Å². The Morgan fingerprint density at radius 1 is 1.13 bits per heavy atom. The van der Waals surface area contributed by atoms with Gasteiger partial charge >= 0.3 is 0 Å². The van der Waals surface area contributed by atoms with Crippen LogP contribution < -0.4 is 5.32 Å². The lowest BCUT2D eigenvalue weighted by Crippen LogP contribution is -2.35. The van der Waals surface area contributed by atoms with E-state index in [0.29, 0.717) is 17.4 Å². The smallest absolute Gasteiger partial charge is 0.208 e. The maximum atomic E-state index is 13.7. The Kier molecular flexibility index (Phi) is 5.45. The molecule has 0 aliphatic carbocycles. The average Bonchev–Trinajstić information content (AvgIpc) is 3.06. The average molecular weight is 444 g/mol. The third-order valence-electron chi connectivity index (χ3n) is 4.77. The van der Waals surface area contributed by atoms with Crippen LogP contribution in [0.3, 0.4) is 0 Å². The molecule has 0 amide bonds. The summed E-state index contributed by atoms with van der Waals surface area (Å²) in [6, 6.07) is 5.87. The molecule has 1 aliphatic heterocycles. The zero-order valence-electron chi connectivity index (χ0n) is 17.1. The summed E-state index contributed by atoms with van der Waals surface area (Å²) >= 11 is 1.58. The number of anilines is 1. The van der Waals surface area contributed by atoms with E-state index < -0.39 is 17.5 Å². The molecule has 3 aromatic rings. The van der Waals surface area contributed by atoms with Gasteiger partial charge in [0.05, 0.1) is 35.1 Å². The second-order valence-corrected chi connectivity index (χ2v) is 8.31. The number of aliphatic imine (C=N–C) groups is 1. The first-order chi connectivity index (χ1) is 14.7. The summed E-state index contributed by atoms with van der Waals surface area (Å²) < 4.78 is 47.1. The van der Waals surface area contributed by atoms with Gasteiger partial charge in [0.1, 0.15) is 5.70 Å². The van der Waals surface area contributed by atoms with Gasteiger partial charge < -0.3 is 15.0 Å². The van der Waals surface area contributed by atoms with E-state index >= 15 is 0 Å². The van der Waals surface area contributed by atoms with Crippen molar-refractivity contribution in [3.05, 3.63) is 82.1 Å². The molecule has 1 aromatic heterocycles. The highest BCUT2D eigenvalue weighted by molar-refractivity contribution is 7.18. The molecule has 1 aliphatic rings. The predicted molar refractivity (Wildman–Crippen MR) is 116 cm³/mol. The Morgan fingerprint density at radius 2 is 1.84 bits per heavy atom. The Hall–Kier alpha value is -3.33. The Balaban J connectivity index is 1.69. The summed E-state index contributed by atoms with van der Waals surface area (Å²) in [5.41, 5.74) is 3.29. The van der Waals surface area contributed by atoms with Crippen molar-refractivity contribution < 1.29 is 17.9 Å². The molecule has 2 heterocycles. The van der Waals surface area contributed by atoms with E-state index in [1.165, 1.54) is 7.11 Å². The number of fused-ring (bicyclic) bond motifs is 1. The van der Waals surface area contributed by atoms with Crippen LogP contribution in [0, 0.1) is 31.3 Å². The fourth-order valence-electron chi connectivity index (χ4n) is 3.26. The maximum absolute atomic E-state index is 13.7. The van der Waals surface area contributed by atoms with Crippen LogP contribution in [0.25, 0.3) is 10.2 Å². The molecule has 2 aromatic carbocycles. The van der Waals surface area contributed by atoms with Gasteiger partial charge in [-0.3, -0.25) is 0 Å². The molecule has 9 heteroatoms. The predicted octanol–water partition coefficient (Wildman–Crippen LogP) is 5.62. The van der Waals surface area contributed by atoms with Crippen molar-refractivity contribution in [2.45, 2.75) is 20.4 Å². The minimum atomic E-state index is -1.50. The minimum absolute atomic E-state index is 0.0288. The van der Waals surface area contributed by atoms with Gasteiger partial charge in [0, 0.05) is 5.69 Å². The number of ether oxygens (including phenoxy) is 1. The topological polar surface area (TPSA) is 49.8 Å². The van der Waals surface area contributed by atoms with Crippen molar-refractivity contribution in [3.63, 3.8) is 0 Å². The molecule has 0 fully saturated rings. The van der Waals surface area contributed by atoms with Crippen molar-refractivity contribution in [3.8, 4) is 0 Å². The molecule has 0 atom stereocenters. The number of rotatable bonds is 4. The van der Waals surface area contributed by atoms with Crippen LogP contribution >= 0.6 is 11.3 Å². The first-order valence-corrected chi connectivity index (χ1v) is 10.2. The van der Waals surface area contributed by atoms with Gasteiger partial charge in [-0.05, 0) is 49.2 Å². The number of nitrogens with zero attached hydrogens (tertiary/aromatic N) is 3. The number of halogens is 3. The third kappa shape index (κ3) is 4.13.